The third-order valence-corrected chi connectivity index (χ3v) is 3.80. The molecule has 0 aliphatic heterocycles. The van der Waals surface area contributed by atoms with Gasteiger partial charge in [-0.1, -0.05) is 30.7 Å². The smallest absolute Gasteiger partial charge is 0.304 e. The lowest BCUT2D eigenvalue weighted by Gasteiger charge is -2.21. The average Bonchev–Trinajstić information content (AvgIpc) is 2.41. The van der Waals surface area contributed by atoms with Gasteiger partial charge < -0.3 is 15.1 Å². The molecule has 1 aromatic carbocycles. The molecule has 1 aromatic rings. The van der Waals surface area contributed by atoms with Crippen LogP contribution in [0.25, 0.3) is 0 Å². The first-order valence-electron chi connectivity index (χ1n) is 6.82. The second kappa shape index (κ2) is 8.25. The number of rotatable bonds is 8. The minimum absolute atomic E-state index is 0.129. The first kappa shape index (κ1) is 17.0. The van der Waals surface area contributed by atoms with Crippen LogP contribution in [0.1, 0.15) is 37.0 Å². The van der Waals surface area contributed by atoms with Crippen molar-refractivity contribution >= 4 is 17.6 Å². The maximum Gasteiger partial charge on any atom is 0.304 e. The molecule has 0 saturated heterocycles. The van der Waals surface area contributed by atoms with Crippen LogP contribution >= 0.6 is 11.6 Å². The lowest BCUT2D eigenvalue weighted by Crippen LogP contribution is -2.28. The SMILES string of the molecule is CCN(CCC(=O)O)CCC(O)c1ccc(Cl)c(C)c1. The number of hydrogen-bond acceptors (Lipinski definition) is 3. The van der Waals surface area contributed by atoms with Crippen LogP contribution in [0.4, 0.5) is 0 Å². The second-order valence-electron chi connectivity index (χ2n) is 4.89. The van der Waals surface area contributed by atoms with Gasteiger partial charge in [0.05, 0.1) is 12.5 Å². The van der Waals surface area contributed by atoms with Crippen molar-refractivity contribution < 1.29 is 15.0 Å². The largest absolute Gasteiger partial charge is 0.481 e. The summed E-state index contributed by atoms with van der Waals surface area (Å²) in [5.74, 6) is -0.794. The van der Waals surface area contributed by atoms with Crippen LogP contribution < -0.4 is 0 Å². The van der Waals surface area contributed by atoms with Gasteiger partial charge in [-0.2, -0.15) is 0 Å². The standard InChI is InChI=1S/C15H22ClNO3/c1-3-17(9-7-15(19)20)8-6-14(18)12-4-5-13(16)11(2)10-12/h4-5,10,14,18H,3,6-9H2,1-2H3,(H,19,20). The van der Waals surface area contributed by atoms with Gasteiger partial charge in [-0.05, 0) is 37.1 Å². The maximum atomic E-state index is 10.6. The molecule has 0 heterocycles. The predicted molar refractivity (Wildman–Crippen MR) is 80.1 cm³/mol. The molecule has 0 saturated carbocycles. The van der Waals surface area contributed by atoms with E-state index in [1.54, 1.807) is 6.07 Å². The Bertz CT molecular complexity index is 451. The Morgan fingerprint density at radius 1 is 1.40 bits per heavy atom. The Labute approximate surface area is 125 Å². The van der Waals surface area contributed by atoms with Gasteiger partial charge in [-0.15, -0.1) is 0 Å². The fourth-order valence-corrected chi connectivity index (χ4v) is 2.15. The van der Waals surface area contributed by atoms with Crippen LogP contribution in [0.3, 0.4) is 0 Å². The van der Waals surface area contributed by atoms with Gasteiger partial charge in [0.25, 0.3) is 0 Å². The molecule has 0 bridgehead atoms. The van der Waals surface area contributed by atoms with Gasteiger partial charge in [-0.25, -0.2) is 0 Å². The quantitative estimate of drug-likeness (QED) is 0.775. The van der Waals surface area contributed by atoms with Crippen molar-refractivity contribution in [3.63, 3.8) is 0 Å². The third kappa shape index (κ3) is 5.49. The van der Waals surface area contributed by atoms with E-state index >= 15 is 0 Å². The number of aliphatic hydroxyl groups is 1. The Balaban J connectivity index is 2.50. The fourth-order valence-electron chi connectivity index (χ4n) is 2.03. The highest BCUT2D eigenvalue weighted by atomic mass is 35.5. The number of carboxylic acid groups (broad SMARTS) is 1. The topological polar surface area (TPSA) is 60.8 Å². The van der Waals surface area contributed by atoms with E-state index in [4.69, 9.17) is 16.7 Å². The lowest BCUT2D eigenvalue weighted by atomic mass is 10.0. The Morgan fingerprint density at radius 3 is 2.65 bits per heavy atom. The summed E-state index contributed by atoms with van der Waals surface area (Å²) in [6.07, 6.45) is 0.156. The highest BCUT2D eigenvalue weighted by Crippen LogP contribution is 2.22. The molecule has 0 aliphatic rings. The van der Waals surface area contributed by atoms with Crippen molar-refractivity contribution in [1.29, 1.82) is 0 Å². The number of nitrogens with zero attached hydrogens (tertiary/aromatic N) is 1. The summed E-state index contributed by atoms with van der Waals surface area (Å²) in [7, 11) is 0. The number of hydrogen-bond donors (Lipinski definition) is 2. The molecular formula is C15H22ClNO3. The van der Waals surface area contributed by atoms with Crippen LogP contribution in [0, 0.1) is 6.92 Å². The molecule has 1 atom stereocenters. The van der Waals surface area contributed by atoms with E-state index in [2.05, 4.69) is 0 Å². The van der Waals surface area contributed by atoms with Gasteiger partial charge in [0, 0.05) is 18.1 Å². The van der Waals surface area contributed by atoms with Crippen molar-refractivity contribution in [2.75, 3.05) is 19.6 Å². The summed E-state index contributed by atoms with van der Waals surface area (Å²) >= 11 is 5.96. The minimum Gasteiger partial charge on any atom is -0.481 e. The number of carbonyl (C=O) groups is 1. The molecule has 112 valence electrons. The minimum atomic E-state index is -0.794. The Hall–Kier alpha value is -1.10. The predicted octanol–water partition coefficient (Wildman–Crippen LogP) is 2.87. The molecule has 0 aromatic heterocycles. The third-order valence-electron chi connectivity index (χ3n) is 3.37. The number of aliphatic hydroxyl groups excluding tert-OH is 1. The van der Waals surface area contributed by atoms with Crippen LogP contribution in [0.5, 0.6) is 0 Å². The van der Waals surface area contributed by atoms with Crippen molar-refractivity contribution in [1.82, 2.24) is 4.90 Å². The van der Waals surface area contributed by atoms with Crippen molar-refractivity contribution in [3.8, 4) is 0 Å². The molecule has 0 spiro atoms. The number of aryl methyl sites for hydroxylation is 1. The van der Waals surface area contributed by atoms with Gasteiger partial charge in [-0.3, -0.25) is 4.79 Å². The van der Waals surface area contributed by atoms with Crippen LogP contribution in [0.15, 0.2) is 18.2 Å². The van der Waals surface area contributed by atoms with Crippen molar-refractivity contribution in [2.45, 2.75) is 32.8 Å². The van der Waals surface area contributed by atoms with Crippen LogP contribution in [-0.4, -0.2) is 40.7 Å². The summed E-state index contributed by atoms with van der Waals surface area (Å²) in [6, 6.07) is 5.51. The van der Waals surface area contributed by atoms with Crippen LogP contribution in [0.2, 0.25) is 5.02 Å². The molecular weight excluding hydrogens is 278 g/mol. The average molecular weight is 300 g/mol. The first-order chi connectivity index (χ1) is 9.43. The molecule has 2 N–H and O–H groups in total. The lowest BCUT2D eigenvalue weighted by molar-refractivity contribution is -0.137. The van der Waals surface area contributed by atoms with E-state index in [9.17, 15) is 9.90 Å². The van der Waals surface area contributed by atoms with Crippen molar-refractivity contribution in [3.05, 3.63) is 34.3 Å². The van der Waals surface area contributed by atoms with E-state index in [1.807, 2.05) is 30.9 Å². The van der Waals surface area contributed by atoms with Gasteiger partial charge in [0.1, 0.15) is 0 Å². The maximum absolute atomic E-state index is 10.6. The van der Waals surface area contributed by atoms with Gasteiger partial charge in [0.15, 0.2) is 0 Å². The number of aliphatic carboxylic acids is 1. The van der Waals surface area contributed by atoms with E-state index in [0.717, 1.165) is 17.7 Å². The molecule has 1 rings (SSSR count). The molecule has 0 amide bonds. The number of halogens is 1. The van der Waals surface area contributed by atoms with E-state index in [1.165, 1.54) is 0 Å². The Kier molecular flexibility index (Phi) is 6.99. The fraction of sp³-hybridized carbons (Fsp3) is 0.533. The van der Waals surface area contributed by atoms with Gasteiger partial charge >= 0.3 is 5.97 Å². The zero-order valence-electron chi connectivity index (χ0n) is 12.0. The zero-order chi connectivity index (χ0) is 15.1. The highest BCUT2D eigenvalue weighted by Gasteiger charge is 2.12. The summed E-state index contributed by atoms with van der Waals surface area (Å²) in [4.78, 5) is 12.6. The molecule has 5 heteroatoms. The monoisotopic (exact) mass is 299 g/mol. The zero-order valence-corrected chi connectivity index (χ0v) is 12.7. The summed E-state index contributed by atoms with van der Waals surface area (Å²) < 4.78 is 0. The van der Waals surface area contributed by atoms with E-state index in [0.29, 0.717) is 24.5 Å². The number of carboxylic acids is 1. The normalized spacial score (nSPS) is 12.7. The first-order valence-corrected chi connectivity index (χ1v) is 7.20. The van der Waals surface area contributed by atoms with E-state index in [-0.39, 0.29) is 6.42 Å². The summed E-state index contributed by atoms with van der Waals surface area (Å²) in [5.41, 5.74) is 1.79. The summed E-state index contributed by atoms with van der Waals surface area (Å²) in [6.45, 7) is 5.86. The second-order valence-corrected chi connectivity index (χ2v) is 5.30. The molecule has 20 heavy (non-hydrogen) atoms. The van der Waals surface area contributed by atoms with E-state index < -0.39 is 12.1 Å². The van der Waals surface area contributed by atoms with Crippen molar-refractivity contribution in [2.24, 2.45) is 0 Å². The Morgan fingerprint density at radius 2 is 2.10 bits per heavy atom. The van der Waals surface area contributed by atoms with Crippen LogP contribution in [-0.2, 0) is 4.79 Å². The summed E-state index contributed by atoms with van der Waals surface area (Å²) in [5, 5.41) is 19.5. The number of benzene rings is 1. The molecule has 0 fully saturated rings. The molecule has 0 radical (unpaired) electrons. The molecule has 1 unspecified atom stereocenters. The molecule has 0 aliphatic carbocycles. The molecule has 4 nitrogen and oxygen atoms in total. The van der Waals surface area contributed by atoms with Gasteiger partial charge in [0.2, 0.25) is 0 Å². The highest BCUT2D eigenvalue weighted by molar-refractivity contribution is 6.31.